The number of aryl methyl sites for hydroxylation is 1. The maximum absolute atomic E-state index is 6.13. The average molecular weight is 213 g/mol. The molecule has 3 heteroatoms. The van der Waals surface area contributed by atoms with E-state index in [1.807, 2.05) is 6.92 Å². The van der Waals surface area contributed by atoms with Crippen molar-refractivity contribution >= 4 is 11.3 Å². The fraction of sp³-hybridized carbons (Fsp3) is 0.636. The van der Waals surface area contributed by atoms with Crippen LogP contribution in [0.15, 0.2) is 12.1 Å². The van der Waals surface area contributed by atoms with E-state index >= 15 is 0 Å². The van der Waals surface area contributed by atoms with Crippen molar-refractivity contribution in [1.82, 2.24) is 0 Å². The SMILES string of the molecule is CCOC(CC)C(N)c1ccc(C)s1. The summed E-state index contributed by atoms with van der Waals surface area (Å²) < 4.78 is 5.60. The van der Waals surface area contributed by atoms with Gasteiger partial charge in [0.25, 0.3) is 0 Å². The van der Waals surface area contributed by atoms with Gasteiger partial charge in [-0.05, 0) is 32.4 Å². The van der Waals surface area contributed by atoms with Crippen molar-refractivity contribution in [2.75, 3.05) is 6.61 Å². The highest BCUT2D eigenvalue weighted by Crippen LogP contribution is 2.25. The van der Waals surface area contributed by atoms with Crippen LogP contribution in [0.2, 0.25) is 0 Å². The van der Waals surface area contributed by atoms with E-state index in [0.717, 1.165) is 13.0 Å². The second-order valence-electron chi connectivity index (χ2n) is 3.38. The standard InChI is InChI=1S/C11H19NOS/c1-4-9(13-5-2)11(12)10-7-6-8(3)14-10/h6-7,9,11H,4-5,12H2,1-3H3. The molecule has 14 heavy (non-hydrogen) atoms. The molecule has 0 saturated heterocycles. The van der Waals surface area contributed by atoms with E-state index in [1.54, 1.807) is 11.3 Å². The Morgan fingerprint density at radius 3 is 2.57 bits per heavy atom. The molecule has 0 aliphatic carbocycles. The molecule has 0 amide bonds. The number of rotatable bonds is 5. The van der Waals surface area contributed by atoms with Gasteiger partial charge in [0.2, 0.25) is 0 Å². The molecule has 0 fully saturated rings. The van der Waals surface area contributed by atoms with Crippen molar-refractivity contribution in [2.24, 2.45) is 5.73 Å². The highest BCUT2D eigenvalue weighted by atomic mass is 32.1. The minimum absolute atomic E-state index is 0.0265. The van der Waals surface area contributed by atoms with Crippen LogP contribution in [0.5, 0.6) is 0 Å². The fourth-order valence-electron chi connectivity index (χ4n) is 1.51. The average Bonchev–Trinajstić information content (AvgIpc) is 2.60. The van der Waals surface area contributed by atoms with E-state index < -0.39 is 0 Å². The van der Waals surface area contributed by atoms with Crippen LogP contribution < -0.4 is 5.73 Å². The first-order valence-corrected chi connectivity index (χ1v) is 5.94. The first-order chi connectivity index (χ1) is 6.69. The molecule has 1 heterocycles. The molecule has 0 aliphatic heterocycles. The summed E-state index contributed by atoms with van der Waals surface area (Å²) in [5.41, 5.74) is 6.13. The molecule has 2 N–H and O–H groups in total. The van der Waals surface area contributed by atoms with Crippen LogP contribution in [-0.4, -0.2) is 12.7 Å². The van der Waals surface area contributed by atoms with Crippen LogP contribution in [0.1, 0.15) is 36.1 Å². The smallest absolute Gasteiger partial charge is 0.0772 e. The molecule has 0 bridgehead atoms. The van der Waals surface area contributed by atoms with E-state index in [1.165, 1.54) is 9.75 Å². The number of thiophene rings is 1. The lowest BCUT2D eigenvalue weighted by Crippen LogP contribution is -2.27. The Bertz CT molecular complexity index is 272. The quantitative estimate of drug-likeness (QED) is 0.816. The Morgan fingerprint density at radius 1 is 1.43 bits per heavy atom. The molecule has 0 aliphatic rings. The summed E-state index contributed by atoms with van der Waals surface area (Å²) in [6.45, 7) is 6.95. The molecule has 2 atom stereocenters. The van der Waals surface area contributed by atoms with Gasteiger partial charge in [-0.15, -0.1) is 11.3 Å². The molecule has 0 spiro atoms. The van der Waals surface area contributed by atoms with Gasteiger partial charge in [0.05, 0.1) is 12.1 Å². The zero-order valence-corrected chi connectivity index (χ0v) is 9.93. The Hall–Kier alpha value is -0.380. The second kappa shape index (κ2) is 5.49. The summed E-state index contributed by atoms with van der Waals surface area (Å²) in [5.74, 6) is 0. The van der Waals surface area contributed by atoms with Crippen molar-refractivity contribution in [3.05, 3.63) is 21.9 Å². The van der Waals surface area contributed by atoms with Gasteiger partial charge in [-0.3, -0.25) is 0 Å². The number of nitrogens with two attached hydrogens (primary N) is 1. The van der Waals surface area contributed by atoms with Gasteiger partial charge >= 0.3 is 0 Å². The van der Waals surface area contributed by atoms with Crippen molar-refractivity contribution < 1.29 is 4.74 Å². The van der Waals surface area contributed by atoms with Crippen LogP contribution in [0.4, 0.5) is 0 Å². The van der Waals surface area contributed by atoms with E-state index in [2.05, 4.69) is 26.0 Å². The molecular formula is C11H19NOS. The third kappa shape index (κ3) is 2.80. The van der Waals surface area contributed by atoms with E-state index in [4.69, 9.17) is 10.5 Å². The maximum Gasteiger partial charge on any atom is 0.0772 e. The predicted octanol–water partition coefficient (Wildman–Crippen LogP) is 2.87. The minimum Gasteiger partial charge on any atom is -0.377 e. The lowest BCUT2D eigenvalue weighted by Gasteiger charge is -2.21. The van der Waals surface area contributed by atoms with Crippen LogP contribution in [0.25, 0.3) is 0 Å². The second-order valence-corrected chi connectivity index (χ2v) is 4.70. The maximum atomic E-state index is 6.13. The Balaban J connectivity index is 2.66. The van der Waals surface area contributed by atoms with Gasteiger partial charge in [0, 0.05) is 16.4 Å². The molecule has 1 rings (SSSR count). The predicted molar refractivity (Wildman–Crippen MR) is 61.7 cm³/mol. The normalized spacial score (nSPS) is 15.4. The molecule has 0 radical (unpaired) electrons. The first-order valence-electron chi connectivity index (χ1n) is 5.12. The zero-order valence-electron chi connectivity index (χ0n) is 9.12. The molecule has 1 aromatic heterocycles. The highest BCUT2D eigenvalue weighted by Gasteiger charge is 2.18. The van der Waals surface area contributed by atoms with Crippen molar-refractivity contribution in [1.29, 1.82) is 0 Å². The molecular weight excluding hydrogens is 194 g/mol. The number of hydrogen-bond donors (Lipinski definition) is 1. The van der Waals surface area contributed by atoms with Gasteiger partial charge in [-0.25, -0.2) is 0 Å². The zero-order chi connectivity index (χ0) is 10.6. The Labute approximate surface area is 90.1 Å². The van der Waals surface area contributed by atoms with Crippen molar-refractivity contribution in [3.8, 4) is 0 Å². The Morgan fingerprint density at radius 2 is 2.14 bits per heavy atom. The summed E-state index contributed by atoms with van der Waals surface area (Å²) >= 11 is 1.76. The van der Waals surface area contributed by atoms with E-state index in [-0.39, 0.29) is 12.1 Å². The molecule has 0 saturated carbocycles. The minimum atomic E-state index is 0.0265. The van der Waals surface area contributed by atoms with Gasteiger partial charge in [-0.2, -0.15) is 0 Å². The number of hydrogen-bond acceptors (Lipinski definition) is 3. The van der Waals surface area contributed by atoms with Crippen LogP contribution in [-0.2, 0) is 4.74 Å². The molecule has 1 aromatic rings. The largest absolute Gasteiger partial charge is 0.377 e. The molecule has 2 unspecified atom stereocenters. The van der Waals surface area contributed by atoms with Crippen LogP contribution >= 0.6 is 11.3 Å². The molecule has 2 nitrogen and oxygen atoms in total. The lowest BCUT2D eigenvalue weighted by molar-refractivity contribution is 0.0421. The lowest BCUT2D eigenvalue weighted by atomic mass is 10.1. The molecule has 80 valence electrons. The van der Waals surface area contributed by atoms with Gasteiger partial charge < -0.3 is 10.5 Å². The van der Waals surface area contributed by atoms with Crippen molar-refractivity contribution in [3.63, 3.8) is 0 Å². The summed E-state index contributed by atoms with van der Waals surface area (Å²) in [6, 6.07) is 4.24. The third-order valence-electron chi connectivity index (χ3n) is 2.27. The first kappa shape index (κ1) is 11.7. The topological polar surface area (TPSA) is 35.2 Å². The molecule has 0 aromatic carbocycles. The highest BCUT2D eigenvalue weighted by molar-refractivity contribution is 7.12. The summed E-state index contributed by atoms with van der Waals surface area (Å²) in [5, 5.41) is 0. The Kier molecular flexibility index (Phi) is 4.58. The summed E-state index contributed by atoms with van der Waals surface area (Å²) in [4.78, 5) is 2.53. The third-order valence-corrected chi connectivity index (χ3v) is 3.38. The van der Waals surface area contributed by atoms with Gasteiger partial charge in [0.15, 0.2) is 0 Å². The summed E-state index contributed by atoms with van der Waals surface area (Å²) in [6.07, 6.45) is 1.12. The van der Waals surface area contributed by atoms with Crippen LogP contribution in [0.3, 0.4) is 0 Å². The fourth-order valence-corrected chi connectivity index (χ4v) is 2.44. The van der Waals surface area contributed by atoms with Crippen LogP contribution in [0, 0.1) is 6.92 Å². The number of ether oxygens (including phenoxy) is 1. The van der Waals surface area contributed by atoms with Gasteiger partial charge in [0.1, 0.15) is 0 Å². The van der Waals surface area contributed by atoms with Gasteiger partial charge in [-0.1, -0.05) is 6.92 Å². The van der Waals surface area contributed by atoms with E-state index in [9.17, 15) is 0 Å². The monoisotopic (exact) mass is 213 g/mol. The summed E-state index contributed by atoms with van der Waals surface area (Å²) in [7, 11) is 0. The van der Waals surface area contributed by atoms with Crippen molar-refractivity contribution in [2.45, 2.75) is 39.3 Å². The van der Waals surface area contributed by atoms with E-state index in [0.29, 0.717) is 0 Å².